The lowest BCUT2D eigenvalue weighted by molar-refractivity contribution is -0.117. The van der Waals surface area contributed by atoms with Crippen molar-refractivity contribution >= 4 is 22.6 Å². The SMILES string of the molecule is Cc1ccc(N2CC(c3nc4ccccc4n3CCOc3cc(C)cc(C)c3)CC2=O)cc1. The summed E-state index contributed by atoms with van der Waals surface area (Å²) < 4.78 is 8.34. The minimum atomic E-state index is 0.0485. The van der Waals surface area contributed by atoms with E-state index in [9.17, 15) is 4.79 Å². The zero-order valence-electron chi connectivity index (χ0n) is 19.4. The van der Waals surface area contributed by atoms with Crippen LogP contribution < -0.4 is 9.64 Å². The van der Waals surface area contributed by atoms with Crippen LogP contribution >= 0.6 is 0 Å². The summed E-state index contributed by atoms with van der Waals surface area (Å²) in [7, 11) is 0. The number of imidazole rings is 1. The summed E-state index contributed by atoms with van der Waals surface area (Å²) in [5.74, 6) is 2.05. The molecule has 0 bridgehead atoms. The van der Waals surface area contributed by atoms with Crippen molar-refractivity contribution in [1.82, 2.24) is 9.55 Å². The molecule has 2 heterocycles. The summed E-state index contributed by atoms with van der Waals surface area (Å²) in [5.41, 5.74) is 6.57. The number of anilines is 1. The largest absolute Gasteiger partial charge is 0.492 e. The Morgan fingerprint density at radius 1 is 0.939 bits per heavy atom. The lowest BCUT2D eigenvalue weighted by Crippen LogP contribution is -2.24. The van der Waals surface area contributed by atoms with Crippen molar-refractivity contribution in [3.8, 4) is 5.75 Å². The zero-order valence-corrected chi connectivity index (χ0v) is 19.4. The lowest BCUT2D eigenvalue weighted by atomic mass is 10.1. The third kappa shape index (κ3) is 4.36. The van der Waals surface area contributed by atoms with Crippen molar-refractivity contribution in [2.75, 3.05) is 18.1 Å². The molecule has 0 spiro atoms. The van der Waals surface area contributed by atoms with E-state index >= 15 is 0 Å². The molecule has 5 nitrogen and oxygen atoms in total. The molecule has 1 saturated heterocycles. The maximum absolute atomic E-state index is 12.9. The van der Waals surface area contributed by atoms with Crippen LogP contribution in [0.4, 0.5) is 5.69 Å². The van der Waals surface area contributed by atoms with E-state index in [2.05, 4.69) is 61.7 Å². The average Bonchev–Trinajstić information content (AvgIpc) is 3.34. The van der Waals surface area contributed by atoms with E-state index in [0.29, 0.717) is 26.1 Å². The minimum absolute atomic E-state index is 0.0485. The van der Waals surface area contributed by atoms with Crippen LogP contribution in [-0.4, -0.2) is 28.6 Å². The van der Waals surface area contributed by atoms with Crippen molar-refractivity contribution in [2.24, 2.45) is 0 Å². The number of aromatic nitrogens is 2. The Labute approximate surface area is 194 Å². The van der Waals surface area contributed by atoms with Crippen molar-refractivity contribution in [3.05, 3.63) is 89.2 Å². The van der Waals surface area contributed by atoms with E-state index in [1.165, 1.54) is 16.7 Å². The van der Waals surface area contributed by atoms with Crippen LogP contribution in [0.5, 0.6) is 5.75 Å². The first-order valence-corrected chi connectivity index (χ1v) is 11.5. The Hall–Kier alpha value is -3.60. The van der Waals surface area contributed by atoms with Crippen molar-refractivity contribution < 1.29 is 9.53 Å². The Balaban J connectivity index is 1.40. The highest BCUT2D eigenvalue weighted by atomic mass is 16.5. The number of hydrogen-bond donors (Lipinski definition) is 0. The predicted octanol–water partition coefficient (Wildman–Crippen LogP) is 5.56. The highest BCUT2D eigenvalue weighted by molar-refractivity contribution is 5.96. The van der Waals surface area contributed by atoms with Gasteiger partial charge in [0.1, 0.15) is 18.2 Å². The third-order valence-electron chi connectivity index (χ3n) is 6.30. The van der Waals surface area contributed by atoms with Crippen molar-refractivity contribution in [3.63, 3.8) is 0 Å². The quantitative estimate of drug-likeness (QED) is 0.395. The summed E-state index contributed by atoms with van der Waals surface area (Å²) in [6.45, 7) is 8.08. The zero-order chi connectivity index (χ0) is 22.9. The summed E-state index contributed by atoms with van der Waals surface area (Å²) in [6, 6.07) is 22.6. The fourth-order valence-electron chi connectivity index (χ4n) is 4.77. The van der Waals surface area contributed by atoms with E-state index in [1.807, 2.05) is 35.2 Å². The number of carbonyl (C=O) groups excluding carboxylic acids is 1. The molecule has 0 saturated carbocycles. The molecule has 1 unspecified atom stereocenters. The Morgan fingerprint density at radius 3 is 2.42 bits per heavy atom. The molecule has 33 heavy (non-hydrogen) atoms. The molecule has 3 aromatic carbocycles. The molecule has 0 radical (unpaired) electrons. The molecule has 4 aromatic rings. The third-order valence-corrected chi connectivity index (χ3v) is 6.30. The van der Waals surface area contributed by atoms with Gasteiger partial charge >= 0.3 is 0 Å². The summed E-state index contributed by atoms with van der Waals surface area (Å²) in [5, 5.41) is 0. The number of nitrogens with zero attached hydrogens (tertiary/aromatic N) is 3. The van der Waals surface area contributed by atoms with E-state index in [-0.39, 0.29) is 11.8 Å². The molecule has 168 valence electrons. The highest BCUT2D eigenvalue weighted by Gasteiger charge is 2.34. The Morgan fingerprint density at radius 2 is 1.67 bits per heavy atom. The second-order valence-corrected chi connectivity index (χ2v) is 9.02. The van der Waals surface area contributed by atoms with Crippen LogP contribution in [0.3, 0.4) is 0 Å². The molecule has 1 aliphatic heterocycles. The number of amides is 1. The van der Waals surface area contributed by atoms with Gasteiger partial charge in [-0.2, -0.15) is 0 Å². The van der Waals surface area contributed by atoms with Crippen LogP contribution in [0.15, 0.2) is 66.7 Å². The molecule has 1 aromatic heterocycles. The van der Waals surface area contributed by atoms with E-state index in [1.54, 1.807) is 0 Å². The van der Waals surface area contributed by atoms with Crippen molar-refractivity contribution in [2.45, 2.75) is 39.7 Å². The van der Waals surface area contributed by atoms with Gasteiger partial charge in [0.05, 0.1) is 17.6 Å². The standard InChI is InChI=1S/C28H29N3O2/c1-19-8-10-23(11-9-19)31-18-22(17-27(31)32)28-29-25-6-4-5-7-26(25)30(28)12-13-33-24-15-20(2)14-21(3)16-24/h4-11,14-16,22H,12-13,17-18H2,1-3H3. The number of benzene rings is 3. The molecule has 1 amide bonds. The summed E-state index contributed by atoms with van der Waals surface area (Å²) in [4.78, 5) is 19.7. The average molecular weight is 440 g/mol. The Bertz CT molecular complexity index is 1290. The lowest BCUT2D eigenvalue weighted by Gasteiger charge is -2.18. The normalized spacial score (nSPS) is 16.0. The van der Waals surface area contributed by atoms with E-state index in [0.717, 1.165) is 28.3 Å². The van der Waals surface area contributed by atoms with Crippen LogP contribution in [0.25, 0.3) is 11.0 Å². The number of carbonyl (C=O) groups is 1. The number of para-hydroxylation sites is 2. The summed E-state index contributed by atoms with van der Waals surface area (Å²) >= 11 is 0. The number of rotatable bonds is 6. The molecule has 1 aliphatic rings. The summed E-state index contributed by atoms with van der Waals surface area (Å²) in [6.07, 6.45) is 0.467. The van der Waals surface area contributed by atoms with Gasteiger partial charge in [-0.25, -0.2) is 4.98 Å². The molecular formula is C28H29N3O2. The Kier molecular flexibility index (Phi) is 5.63. The van der Waals surface area contributed by atoms with Gasteiger partial charge in [0, 0.05) is 24.6 Å². The van der Waals surface area contributed by atoms with Gasteiger partial charge < -0.3 is 14.2 Å². The predicted molar refractivity (Wildman–Crippen MR) is 132 cm³/mol. The van der Waals surface area contributed by atoms with Gasteiger partial charge in [-0.1, -0.05) is 35.9 Å². The number of hydrogen-bond acceptors (Lipinski definition) is 3. The van der Waals surface area contributed by atoms with Crippen LogP contribution in [0, 0.1) is 20.8 Å². The van der Waals surface area contributed by atoms with Gasteiger partial charge in [-0.3, -0.25) is 4.79 Å². The number of ether oxygens (including phenoxy) is 1. The first kappa shape index (κ1) is 21.3. The van der Waals surface area contributed by atoms with Gasteiger partial charge in [0.15, 0.2) is 0 Å². The molecule has 5 rings (SSSR count). The van der Waals surface area contributed by atoms with Gasteiger partial charge in [0.2, 0.25) is 5.91 Å². The number of aryl methyl sites for hydroxylation is 3. The molecule has 1 atom stereocenters. The first-order valence-electron chi connectivity index (χ1n) is 11.5. The maximum atomic E-state index is 12.9. The topological polar surface area (TPSA) is 47.4 Å². The molecular weight excluding hydrogens is 410 g/mol. The second-order valence-electron chi connectivity index (χ2n) is 9.02. The second kappa shape index (κ2) is 8.74. The smallest absolute Gasteiger partial charge is 0.227 e. The highest BCUT2D eigenvalue weighted by Crippen LogP contribution is 2.33. The monoisotopic (exact) mass is 439 g/mol. The van der Waals surface area contributed by atoms with Crippen LogP contribution in [0.2, 0.25) is 0 Å². The van der Waals surface area contributed by atoms with Gasteiger partial charge in [-0.15, -0.1) is 0 Å². The maximum Gasteiger partial charge on any atom is 0.227 e. The fourth-order valence-corrected chi connectivity index (χ4v) is 4.77. The van der Waals surface area contributed by atoms with Gasteiger partial charge in [-0.05, 0) is 68.3 Å². The van der Waals surface area contributed by atoms with E-state index < -0.39 is 0 Å². The van der Waals surface area contributed by atoms with Crippen LogP contribution in [-0.2, 0) is 11.3 Å². The van der Waals surface area contributed by atoms with Crippen LogP contribution in [0.1, 0.15) is 34.9 Å². The molecule has 1 fully saturated rings. The molecule has 5 heteroatoms. The molecule has 0 N–H and O–H groups in total. The first-order chi connectivity index (χ1) is 16.0. The van der Waals surface area contributed by atoms with Crippen molar-refractivity contribution in [1.29, 1.82) is 0 Å². The minimum Gasteiger partial charge on any atom is -0.492 e. The van der Waals surface area contributed by atoms with E-state index in [4.69, 9.17) is 9.72 Å². The fraction of sp³-hybridized carbons (Fsp3) is 0.286. The molecule has 0 aliphatic carbocycles. The van der Waals surface area contributed by atoms with Gasteiger partial charge in [0.25, 0.3) is 0 Å². The number of fused-ring (bicyclic) bond motifs is 1.